The highest BCUT2D eigenvalue weighted by atomic mass is 16.2. The molecule has 1 fully saturated rings. The van der Waals surface area contributed by atoms with Crippen LogP contribution in [0.5, 0.6) is 0 Å². The first-order valence-electron chi connectivity index (χ1n) is 6.28. The van der Waals surface area contributed by atoms with E-state index in [-0.39, 0.29) is 6.04 Å². The van der Waals surface area contributed by atoms with Crippen LogP contribution in [0.4, 0.5) is 0 Å². The van der Waals surface area contributed by atoms with Crippen molar-refractivity contribution in [2.75, 3.05) is 6.67 Å². The molecule has 1 saturated heterocycles. The van der Waals surface area contributed by atoms with Crippen LogP contribution in [0.2, 0.25) is 0 Å². The van der Waals surface area contributed by atoms with Gasteiger partial charge in [-0.2, -0.15) is 0 Å². The van der Waals surface area contributed by atoms with Gasteiger partial charge in [0.25, 0.3) is 0 Å². The Morgan fingerprint density at radius 3 is 2.67 bits per heavy atom. The van der Waals surface area contributed by atoms with Gasteiger partial charge in [-0.25, -0.2) is 0 Å². The maximum Gasteiger partial charge on any atom is 0.241 e. The van der Waals surface area contributed by atoms with Crippen molar-refractivity contribution in [3.05, 3.63) is 0 Å². The van der Waals surface area contributed by atoms with Gasteiger partial charge in [-0.15, -0.1) is 0 Å². The molecule has 0 aromatic rings. The lowest BCUT2D eigenvalue weighted by Gasteiger charge is -2.26. The van der Waals surface area contributed by atoms with Crippen molar-refractivity contribution in [1.82, 2.24) is 10.2 Å². The molecule has 0 aromatic heterocycles. The van der Waals surface area contributed by atoms with E-state index in [0.717, 1.165) is 38.8 Å². The maximum absolute atomic E-state index is 12.0. The van der Waals surface area contributed by atoms with E-state index in [9.17, 15) is 4.79 Å². The third-order valence-corrected chi connectivity index (χ3v) is 3.20. The van der Waals surface area contributed by atoms with Crippen LogP contribution in [0.3, 0.4) is 0 Å². The summed E-state index contributed by atoms with van der Waals surface area (Å²) in [7, 11) is 0. The normalized spacial score (nSPS) is 23.5. The zero-order valence-electron chi connectivity index (χ0n) is 10.3. The summed E-state index contributed by atoms with van der Waals surface area (Å²) in [5.41, 5.74) is 0. The van der Waals surface area contributed by atoms with Crippen LogP contribution in [0.25, 0.3) is 0 Å². The summed E-state index contributed by atoms with van der Waals surface area (Å²) in [5.74, 6) is 0.317. The molecule has 0 radical (unpaired) electrons. The lowest BCUT2D eigenvalue weighted by atomic mass is 10.1. The molecular formula is C12H24N2O. The van der Waals surface area contributed by atoms with E-state index in [2.05, 4.69) is 26.1 Å². The fourth-order valence-electron chi connectivity index (χ4n) is 2.31. The molecule has 88 valence electrons. The van der Waals surface area contributed by atoms with Gasteiger partial charge in [-0.1, -0.05) is 33.6 Å². The lowest BCUT2D eigenvalue weighted by molar-refractivity contribution is -0.131. The second-order valence-corrected chi connectivity index (χ2v) is 4.36. The Balaban J connectivity index is 2.53. The van der Waals surface area contributed by atoms with Crippen molar-refractivity contribution >= 4 is 5.91 Å². The van der Waals surface area contributed by atoms with Crippen LogP contribution < -0.4 is 5.32 Å². The second kappa shape index (κ2) is 6.11. The van der Waals surface area contributed by atoms with E-state index >= 15 is 0 Å². The van der Waals surface area contributed by atoms with Gasteiger partial charge >= 0.3 is 0 Å². The average molecular weight is 212 g/mol. The number of rotatable bonds is 6. The summed E-state index contributed by atoms with van der Waals surface area (Å²) in [6.45, 7) is 7.23. The second-order valence-electron chi connectivity index (χ2n) is 4.36. The molecule has 0 spiro atoms. The van der Waals surface area contributed by atoms with Gasteiger partial charge in [0, 0.05) is 6.04 Å². The number of hydrogen-bond donors (Lipinski definition) is 1. The number of carbonyl (C=O) groups is 1. The average Bonchev–Trinajstić information content (AvgIpc) is 2.58. The molecule has 1 aliphatic heterocycles. The molecule has 0 aliphatic carbocycles. The van der Waals surface area contributed by atoms with Gasteiger partial charge in [0.2, 0.25) is 5.91 Å². The number of carbonyl (C=O) groups excluding carboxylic acids is 1. The molecule has 2 atom stereocenters. The first-order chi connectivity index (χ1) is 7.24. The predicted molar refractivity (Wildman–Crippen MR) is 62.5 cm³/mol. The van der Waals surface area contributed by atoms with Gasteiger partial charge in [-0.05, 0) is 19.3 Å². The molecular weight excluding hydrogens is 188 g/mol. The summed E-state index contributed by atoms with van der Waals surface area (Å²) in [5, 5.41) is 3.31. The Morgan fingerprint density at radius 1 is 1.40 bits per heavy atom. The molecule has 1 heterocycles. The van der Waals surface area contributed by atoms with Crippen LogP contribution >= 0.6 is 0 Å². The smallest absolute Gasteiger partial charge is 0.241 e. The first-order valence-corrected chi connectivity index (χ1v) is 6.28. The Bertz CT molecular complexity index is 206. The van der Waals surface area contributed by atoms with Crippen molar-refractivity contribution < 1.29 is 4.79 Å². The van der Waals surface area contributed by atoms with Gasteiger partial charge < -0.3 is 4.90 Å². The van der Waals surface area contributed by atoms with Crippen LogP contribution in [-0.2, 0) is 4.79 Å². The first kappa shape index (κ1) is 12.5. The molecule has 1 aliphatic rings. The van der Waals surface area contributed by atoms with E-state index in [1.54, 1.807) is 0 Å². The van der Waals surface area contributed by atoms with E-state index in [0.29, 0.717) is 11.9 Å². The standard InChI is InChI=1S/C12H24N2O/c1-4-7-10(6-3)14-9-13-11(8-5-2)12(14)15/h10-11,13H,4-9H2,1-3H3. The molecule has 0 aromatic carbocycles. The Morgan fingerprint density at radius 2 is 2.13 bits per heavy atom. The van der Waals surface area contributed by atoms with Gasteiger partial charge in [0.05, 0.1) is 12.7 Å². The number of nitrogens with zero attached hydrogens (tertiary/aromatic N) is 1. The maximum atomic E-state index is 12.0. The summed E-state index contributed by atoms with van der Waals surface area (Å²) < 4.78 is 0. The fraction of sp³-hybridized carbons (Fsp3) is 0.917. The SMILES string of the molecule is CCCC1NCN(C(CC)CCC)C1=O. The molecule has 0 saturated carbocycles. The summed E-state index contributed by atoms with van der Waals surface area (Å²) >= 11 is 0. The predicted octanol–water partition coefficient (Wildman–Crippen LogP) is 2.12. The van der Waals surface area contributed by atoms with Gasteiger partial charge in [-0.3, -0.25) is 10.1 Å². The van der Waals surface area contributed by atoms with Gasteiger partial charge in [0.15, 0.2) is 0 Å². The summed E-state index contributed by atoms with van der Waals surface area (Å²) in [6, 6.07) is 0.526. The third-order valence-electron chi connectivity index (χ3n) is 3.20. The van der Waals surface area contributed by atoms with E-state index < -0.39 is 0 Å². The van der Waals surface area contributed by atoms with Crippen LogP contribution in [0.15, 0.2) is 0 Å². The minimum absolute atomic E-state index is 0.0842. The minimum Gasteiger partial charge on any atom is -0.326 e. The van der Waals surface area contributed by atoms with Crippen molar-refractivity contribution in [1.29, 1.82) is 0 Å². The van der Waals surface area contributed by atoms with Crippen LogP contribution in [0, 0.1) is 0 Å². The Labute approximate surface area is 93.2 Å². The largest absolute Gasteiger partial charge is 0.326 e. The Kier molecular flexibility index (Phi) is 5.09. The fourth-order valence-corrected chi connectivity index (χ4v) is 2.31. The highest BCUT2D eigenvalue weighted by molar-refractivity contribution is 5.84. The molecule has 1 N–H and O–H groups in total. The topological polar surface area (TPSA) is 32.3 Å². The highest BCUT2D eigenvalue weighted by Crippen LogP contribution is 2.17. The van der Waals surface area contributed by atoms with E-state index in [1.165, 1.54) is 0 Å². The number of amides is 1. The minimum atomic E-state index is 0.0842. The van der Waals surface area contributed by atoms with Gasteiger partial charge in [0.1, 0.15) is 0 Å². The molecule has 3 nitrogen and oxygen atoms in total. The lowest BCUT2D eigenvalue weighted by Crippen LogP contribution is -2.38. The summed E-state index contributed by atoms with van der Waals surface area (Å²) in [6.07, 6.45) is 5.39. The molecule has 0 bridgehead atoms. The van der Waals surface area contributed by atoms with Crippen molar-refractivity contribution in [3.63, 3.8) is 0 Å². The quantitative estimate of drug-likeness (QED) is 0.731. The van der Waals surface area contributed by atoms with E-state index in [1.807, 2.05) is 4.90 Å². The van der Waals surface area contributed by atoms with Crippen LogP contribution in [0.1, 0.15) is 52.9 Å². The molecule has 2 unspecified atom stereocenters. The number of hydrogen-bond acceptors (Lipinski definition) is 2. The highest BCUT2D eigenvalue weighted by Gasteiger charge is 2.33. The number of nitrogens with one attached hydrogen (secondary N) is 1. The molecule has 3 heteroatoms. The van der Waals surface area contributed by atoms with Crippen molar-refractivity contribution in [2.24, 2.45) is 0 Å². The zero-order valence-corrected chi connectivity index (χ0v) is 10.3. The third kappa shape index (κ3) is 2.94. The van der Waals surface area contributed by atoms with Crippen molar-refractivity contribution in [3.8, 4) is 0 Å². The molecule has 1 amide bonds. The summed E-state index contributed by atoms with van der Waals surface area (Å²) in [4.78, 5) is 14.1. The molecule has 15 heavy (non-hydrogen) atoms. The molecule has 1 rings (SSSR count). The monoisotopic (exact) mass is 212 g/mol. The van der Waals surface area contributed by atoms with Crippen LogP contribution in [-0.4, -0.2) is 29.6 Å². The van der Waals surface area contributed by atoms with E-state index in [4.69, 9.17) is 0 Å². The Hall–Kier alpha value is -0.570. The van der Waals surface area contributed by atoms with Crippen molar-refractivity contribution in [2.45, 2.75) is 65.0 Å². The zero-order chi connectivity index (χ0) is 11.3.